The summed E-state index contributed by atoms with van der Waals surface area (Å²) in [5.74, 6) is -0.674. The number of hydrogen-bond donors (Lipinski definition) is 0. The van der Waals surface area contributed by atoms with Gasteiger partial charge in [0.05, 0.1) is 10.9 Å². The van der Waals surface area contributed by atoms with Crippen molar-refractivity contribution in [1.82, 2.24) is 9.78 Å². The predicted molar refractivity (Wildman–Crippen MR) is 54.8 cm³/mol. The third-order valence-electron chi connectivity index (χ3n) is 2.30. The first-order valence-electron chi connectivity index (χ1n) is 6.00. The molecule has 0 aliphatic rings. The van der Waals surface area contributed by atoms with Crippen LogP contribution < -0.4 is 0 Å². The van der Waals surface area contributed by atoms with Crippen molar-refractivity contribution in [2.45, 2.75) is 19.8 Å². The third-order valence-corrected chi connectivity index (χ3v) is 2.30. The third kappa shape index (κ3) is 1.20. The number of fused-ring (bicyclic) bond motifs is 1. The van der Waals surface area contributed by atoms with Crippen LogP contribution in [0.4, 0.5) is 4.39 Å². The van der Waals surface area contributed by atoms with E-state index in [1.54, 1.807) is 18.2 Å². The van der Waals surface area contributed by atoms with Gasteiger partial charge in [-0.15, -0.1) is 0 Å². The molecule has 0 aliphatic heterocycles. The summed E-state index contributed by atoms with van der Waals surface area (Å²) in [5, 5.41) is 4.11. The molecule has 0 fully saturated rings. The van der Waals surface area contributed by atoms with Gasteiger partial charge in [0.15, 0.2) is 0 Å². The van der Waals surface area contributed by atoms with Crippen LogP contribution in [0.2, 0.25) is 0 Å². The molecule has 0 radical (unpaired) electrons. The van der Waals surface area contributed by atoms with Gasteiger partial charge < -0.3 is 0 Å². The minimum atomic E-state index is -2.59. The molecule has 0 saturated heterocycles. The van der Waals surface area contributed by atoms with E-state index in [9.17, 15) is 4.39 Å². The average molecular weight is 195 g/mol. The van der Waals surface area contributed by atoms with Crippen LogP contribution in [0, 0.1) is 5.95 Å². The molecular formula is C11H13FN2. The number of halogens is 1. The number of benzene rings is 1. The van der Waals surface area contributed by atoms with Gasteiger partial charge in [0.25, 0.3) is 0 Å². The maximum Gasteiger partial charge on any atom is 0.219 e. The molecule has 1 aromatic carbocycles. The Labute approximate surface area is 86.6 Å². The van der Waals surface area contributed by atoms with Crippen molar-refractivity contribution in [2.24, 2.45) is 6.98 Å². The highest BCUT2D eigenvalue weighted by atomic mass is 19.1. The van der Waals surface area contributed by atoms with E-state index in [0.717, 1.165) is 5.56 Å². The molecule has 0 saturated carbocycles. The highest BCUT2D eigenvalue weighted by Crippen LogP contribution is 2.26. The fourth-order valence-electron chi connectivity index (χ4n) is 1.60. The van der Waals surface area contributed by atoms with Crippen molar-refractivity contribution in [3.8, 4) is 0 Å². The first-order valence-corrected chi connectivity index (χ1v) is 4.50. The summed E-state index contributed by atoms with van der Waals surface area (Å²) in [7, 11) is 0. The standard InChI is InChI=1S/C11H13FN2/c1-7(2)8-5-4-6-9-10(8)11(12)14(3)13-9/h4-7H,1-3H3/i3D3. The second kappa shape index (κ2) is 3.08. The maximum atomic E-state index is 14.1. The van der Waals surface area contributed by atoms with Crippen LogP contribution in [-0.4, -0.2) is 9.78 Å². The summed E-state index contributed by atoms with van der Waals surface area (Å²) in [5.41, 5.74) is 1.15. The SMILES string of the molecule is [2H]C([2H])([2H])n1nc2cccc(C(C)C)c2c1F. The van der Waals surface area contributed by atoms with Crippen LogP contribution in [-0.2, 0) is 6.98 Å². The van der Waals surface area contributed by atoms with Gasteiger partial charge in [-0.25, -0.2) is 4.68 Å². The van der Waals surface area contributed by atoms with Gasteiger partial charge in [-0.3, -0.25) is 0 Å². The van der Waals surface area contributed by atoms with Gasteiger partial charge in [-0.1, -0.05) is 26.0 Å². The van der Waals surface area contributed by atoms with Crippen molar-refractivity contribution in [3.63, 3.8) is 0 Å². The molecule has 2 aromatic rings. The van der Waals surface area contributed by atoms with E-state index >= 15 is 0 Å². The van der Waals surface area contributed by atoms with Gasteiger partial charge in [0.1, 0.15) is 0 Å². The van der Waals surface area contributed by atoms with E-state index in [1.807, 2.05) is 13.8 Å². The number of nitrogens with zero attached hydrogens (tertiary/aromatic N) is 2. The monoisotopic (exact) mass is 195 g/mol. The van der Waals surface area contributed by atoms with Crippen molar-refractivity contribution in [1.29, 1.82) is 0 Å². The van der Waals surface area contributed by atoms with Crippen LogP contribution in [0.15, 0.2) is 18.2 Å². The molecule has 1 heterocycles. The molecule has 0 N–H and O–H groups in total. The molecule has 14 heavy (non-hydrogen) atoms. The normalized spacial score (nSPS) is 15.6. The van der Waals surface area contributed by atoms with Gasteiger partial charge in [0.2, 0.25) is 5.95 Å². The zero-order valence-electron chi connectivity index (χ0n) is 11.1. The largest absolute Gasteiger partial charge is 0.242 e. The minimum absolute atomic E-state index is 0.113. The summed E-state index contributed by atoms with van der Waals surface area (Å²) in [4.78, 5) is 0. The molecule has 0 unspecified atom stereocenters. The van der Waals surface area contributed by atoms with Crippen LogP contribution in [0.3, 0.4) is 0 Å². The molecule has 1 aromatic heterocycles. The second-order valence-electron chi connectivity index (χ2n) is 3.60. The first kappa shape index (κ1) is 6.17. The smallest absolute Gasteiger partial charge is 0.219 e. The summed E-state index contributed by atoms with van der Waals surface area (Å²) < 4.78 is 36.2. The minimum Gasteiger partial charge on any atom is -0.242 e. The van der Waals surface area contributed by atoms with E-state index in [0.29, 0.717) is 15.6 Å². The molecule has 2 nitrogen and oxygen atoms in total. The Balaban J connectivity index is 2.79. The van der Waals surface area contributed by atoms with E-state index in [1.165, 1.54) is 0 Å². The Morgan fingerprint density at radius 1 is 1.50 bits per heavy atom. The van der Waals surface area contributed by atoms with Gasteiger partial charge in [0, 0.05) is 11.1 Å². The molecule has 3 heteroatoms. The van der Waals surface area contributed by atoms with E-state index in [-0.39, 0.29) is 5.92 Å². The molecule has 0 amide bonds. The van der Waals surface area contributed by atoms with Crippen LogP contribution in [0.25, 0.3) is 10.9 Å². The lowest BCUT2D eigenvalue weighted by Gasteiger charge is -2.05. The zero-order chi connectivity index (χ0) is 12.8. The van der Waals surface area contributed by atoms with E-state index < -0.39 is 12.9 Å². The summed E-state index contributed by atoms with van der Waals surface area (Å²) in [6.45, 7) is 1.28. The Morgan fingerprint density at radius 3 is 2.93 bits per heavy atom. The van der Waals surface area contributed by atoms with Crippen molar-refractivity contribution in [3.05, 3.63) is 29.7 Å². The number of rotatable bonds is 1. The quantitative estimate of drug-likeness (QED) is 0.684. The van der Waals surface area contributed by atoms with Crippen LogP contribution in [0.1, 0.15) is 29.4 Å². The highest BCUT2D eigenvalue weighted by molar-refractivity contribution is 5.82. The summed E-state index contributed by atoms with van der Waals surface area (Å²) in [6.07, 6.45) is 0. The molecule has 0 atom stereocenters. The molecule has 0 bridgehead atoms. The Hall–Kier alpha value is -1.38. The fourth-order valence-corrected chi connectivity index (χ4v) is 1.60. The number of hydrogen-bond acceptors (Lipinski definition) is 1. The van der Waals surface area contributed by atoms with Crippen LogP contribution >= 0.6 is 0 Å². The lowest BCUT2D eigenvalue weighted by Crippen LogP contribution is -1.94. The molecule has 74 valence electrons. The van der Waals surface area contributed by atoms with Crippen molar-refractivity contribution in [2.75, 3.05) is 0 Å². The molecule has 0 spiro atoms. The molecule has 2 rings (SSSR count). The van der Waals surface area contributed by atoms with Gasteiger partial charge >= 0.3 is 0 Å². The summed E-state index contributed by atoms with van der Waals surface area (Å²) in [6, 6.07) is 5.17. The maximum absolute atomic E-state index is 14.1. The highest BCUT2D eigenvalue weighted by Gasteiger charge is 2.13. The van der Waals surface area contributed by atoms with Crippen LogP contribution in [0.5, 0.6) is 0 Å². The van der Waals surface area contributed by atoms with Crippen molar-refractivity contribution >= 4 is 10.9 Å². The van der Waals surface area contributed by atoms with Gasteiger partial charge in [-0.05, 0) is 17.5 Å². The fraction of sp³-hybridized carbons (Fsp3) is 0.364. The van der Waals surface area contributed by atoms with E-state index in [4.69, 9.17) is 4.11 Å². The Bertz CT molecular complexity index is 558. The van der Waals surface area contributed by atoms with Gasteiger partial charge in [-0.2, -0.15) is 9.49 Å². The zero-order valence-corrected chi connectivity index (χ0v) is 8.08. The average Bonchev–Trinajstić information content (AvgIpc) is 2.55. The van der Waals surface area contributed by atoms with E-state index in [2.05, 4.69) is 5.10 Å². The molecular weight excluding hydrogens is 179 g/mol. The molecule has 0 aliphatic carbocycles. The number of aryl methyl sites for hydroxylation is 1. The number of aromatic nitrogens is 2. The Kier molecular flexibility index (Phi) is 1.36. The lowest BCUT2D eigenvalue weighted by atomic mass is 9.99. The van der Waals surface area contributed by atoms with Crippen molar-refractivity contribution < 1.29 is 8.50 Å². The summed E-state index contributed by atoms with van der Waals surface area (Å²) >= 11 is 0. The topological polar surface area (TPSA) is 17.8 Å². The lowest BCUT2D eigenvalue weighted by molar-refractivity contribution is 0.511. The second-order valence-corrected chi connectivity index (χ2v) is 3.60. The first-order chi connectivity index (χ1) is 7.82. The predicted octanol–water partition coefficient (Wildman–Crippen LogP) is 2.84. The Morgan fingerprint density at radius 2 is 2.29 bits per heavy atom.